The van der Waals surface area contributed by atoms with Crippen LogP contribution in [0.15, 0.2) is 49.1 Å². The number of aromatic nitrogens is 2. The summed E-state index contributed by atoms with van der Waals surface area (Å²) in [6, 6.07) is 7.48. The highest BCUT2D eigenvalue weighted by Gasteiger charge is 2.34. The number of likely N-dealkylation sites (tertiary alicyclic amines) is 2. The molecule has 1 atom stereocenters. The molecule has 0 aliphatic carbocycles. The maximum atomic E-state index is 12.6. The molecule has 0 spiro atoms. The molecule has 142 valence electrons. The van der Waals surface area contributed by atoms with Crippen LogP contribution in [0.2, 0.25) is 0 Å². The fraction of sp³-hybridized carbons (Fsp3) is 0.476. The average molecular weight is 366 g/mol. The van der Waals surface area contributed by atoms with Gasteiger partial charge in [-0.15, -0.1) is 0 Å². The molecule has 0 unspecified atom stereocenters. The van der Waals surface area contributed by atoms with Gasteiger partial charge in [0.05, 0.1) is 0 Å². The Bertz CT molecular complexity index is 775. The zero-order valence-corrected chi connectivity index (χ0v) is 15.5. The molecule has 0 radical (unpaired) electrons. The van der Waals surface area contributed by atoms with Crippen molar-refractivity contribution in [3.8, 4) is 0 Å². The number of pyridine rings is 2. The first-order valence-electron chi connectivity index (χ1n) is 9.78. The minimum atomic E-state index is -0.0169. The molecule has 0 bridgehead atoms. The molecule has 2 fully saturated rings. The number of piperidine rings is 1. The summed E-state index contributed by atoms with van der Waals surface area (Å²) in [5.74, 6) is 1.25. The van der Waals surface area contributed by atoms with Gasteiger partial charge in [0.1, 0.15) is 5.56 Å². The van der Waals surface area contributed by atoms with Crippen LogP contribution in [0.4, 0.5) is 0 Å². The molecule has 0 aromatic carbocycles. The average Bonchev–Trinajstić information content (AvgIpc) is 3.19. The van der Waals surface area contributed by atoms with Crippen molar-refractivity contribution in [1.29, 1.82) is 0 Å². The lowest BCUT2D eigenvalue weighted by Gasteiger charge is -2.34. The van der Waals surface area contributed by atoms with E-state index in [1.165, 1.54) is 30.8 Å². The molecule has 6 nitrogen and oxygen atoms in total. The van der Waals surface area contributed by atoms with Crippen molar-refractivity contribution in [2.45, 2.75) is 25.8 Å². The summed E-state index contributed by atoms with van der Waals surface area (Å²) in [4.78, 5) is 21.3. The molecule has 4 heterocycles. The van der Waals surface area contributed by atoms with Crippen molar-refractivity contribution < 1.29 is 9.52 Å². The maximum absolute atomic E-state index is 12.6. The number of carbonyl (C=O) groups excluding carboxylic acids is 1. The standard InChI is InChI=1S/C21H26N4O2/c26-21(20-4-2-9-25(27)16-20)24-12-7-19(15-24)18-5-10-23(11-6-18)14-17-3-1-8-22-13-17/h1-4,8-9,13,16,18-19H,5-7,10-12,14-15H2/t19-/m1/s1. The smallest absolute Gasteiger partial charge is 0.259 e. The van der Waals surface area contributed by atoms with Gasteiger partial charge in [0, 0.05) is 38.1 Å². The van der Waals surface area contributed by atoms with E-state index in [1.807, 2.05) is 23.4 Å². The monoisotopic (exact) mass is 366 g/mol. The molecule has 27 heavy (non-hydrogen) atoms. The fourth-order valence-electron chi connectivity index (χ4n) is 4.45. The number of rotatable bonds is 4. The Kier molecular flexibility index (Phi) is 5.34. The van der Waals surface area contributed by atoms with Gasteiger partial charge in [-0.05, 0) is 61.9 Å². The van der Waals surface area contributed by atoms with Crippen LogP contribution < -0.4 is 4.73 Å². The first-order valence-corrected chi connectivity index (χ1v) is 9.78. The van der Waals surface area contributed by atoms with Crippen molar-refractivity contribution >= 4 is 5.91 Å². The molecule has 0 N–H and O–H groups in total. The van der Waals surface area contributed by atoms with Gasteiger partial charge < -0.3 is 10.1 Å². The SMILES string of the molecule is O=C(c1ccc[n+]([O-])c1)N1CC[C@@H](C2CCN(Cc3cccnc3)CC2)C1. The second kappa shape index (κ2) is 8.05. The second-order valence-electron chi connectivity index (χ2n) is 7.73. The molecule has 2 aliphatic heterocycles. The summed E-state index contributed by atoms with van der Waals surface area (Å²) >= 11 is 0. The van der Waals surface area contributed by atoms with Gasteiger partial charge in [0.15, 0.2) is 12.4 Å². The van der Waals surface area contributed by atoms with Gasteiger partial charge in [-0.2, -0.15) is 4.73 Å². The van der Waals surface area contributed by atoms with Crippen molar-refractivity contribution in [3.63, 3.8) is 0 Å². The van der Waals surface area contributed by atoms with Crippen LogP contribution in [0.5, 0.6) is 0 Å². The Labute approximate surface area is 160 Å². The Balaban J connectivity index is 1.28. The number of hydrogen-bond donors (Lipinski definition) is 0. The minimum absolute atomic E-state index is 0.0169. The van der Waals surface area contributed by atoms with E-state index in [1.54, 1.807) is 12.1 Å². The first-order chi connectivity index (χ1) is 13.2. The van der Waals surface area contributed by atoms with Gasteiger partial charge in [0.2, 0.25) is 0 Å². The molecule has 1 amide bonds. The van der Waals surface area contributed by atoms with E-state index in [0.717, 1.165) is 39.1 Å². The van der Waals surface area contributed by atoms with E-state index < -0.39 is 0 Å². The van der Waals surface area contributed by atoms with Crippen molar-refractivity contribution in [2.24, 2.45) is 11.8 Å². The first kappa shape index (κ1) is 17.9. The molecule has 4 rings (SSSR count). The number of amides is 1. The zero-order chi connectivity index (χ0) is 18.6. The summed E-state index contributed by atoms with van der Waals surface area (Å²) in [6.45, 7) is 4.81. The molecule has 2 aromatic rings. The molecular weight excluding hydrogens is 340 g/mol. The predicted molar refractivity (Wildman–Crippen MR) is 102 cm³/mol. The van der Waals surface area contributed by atoms with Gasteiger partial charge in [-0.3, -0.25) is 14.7 Å². The van der Waals surface area contributed by atoms with E-state index in [4.69, 9.17) is 0 Å². The van der Waals surface area contributed by atoms with Gasteiger partial charge in [-0.1, -0.05) is 6.07 Å². The Morgan fingerprint density at radius 2 is 1.96 bits per heavy atom. The van der Waals surface area contributed by atoms with E-state index in [-0.39, 0.29) is 5.91 Å². The molecule has 0 saturated carbocycles. The van der Waals surface area contributed by atoms with Crippen molar-refractivity contribution in [3.05, 3.63) is 65.4 Å². The third-order valence-electron chi connectivity index (χ3n) is 5.96. The van der Waals surface area contributed by atoms with Crippen LogP contribution in [0.25, 0.3) is 0 Å². The van der Waals surface area contributed by atoms with Gasteiger partial charge in [0.25, 0.3) is 5.91 Å². The molecule has 2 aromatic heterocycles. The van der Waals surface area contributed by atoms with Crippen LogP contribution in [0.1, 0.15) is 35.2 Å². The van der Waals surface area contributed by atoms with E-state index in [2.05, 4.69) is 16.0 Å². The summed E-state index contributed by atoms with van der Waals surface area (Å²) in [6.07, 6.45) is 9.99. The molecular formula is C21H26N4O2. The van der Waals surface area contributed by atoms with Crippen LogP contribution in [-0.4, -0.2) is 46.9 Å². The fourth-order valence-corrected chi connectivity index (χ4v) is 4.45. The summed E-state index contributed by atoms with van der Waals surface area (Å²) in [5, 5.41) is 11.4. The van der Waals surface area contributed by atoms with Crippen LogP contribution in [-0.2, 0) is 6.54 Å². The van der Waals surface area contributed by atoms with Crippen LogP contribution >= 0.6 is 0 Å². The highest BCUT2D eigenvalue weighted by Crippen LogP contribution is 2.32. The largest absolute Gasteiger partial charge is 0.619 e. The predicted octanol–water partition coefficient (Wildman–Crippen LogP) is 2.09. The summed E-state index contributed by atoms with van der Waals surface area (Å²) in [7, 11) is 0. The van der Waals surface area contributed by atoms with E-state index in [0.29, 0.717) is 22.1 Å². The van der Waals surface area contributed by atoms with Crippen molar-refractivity contribution in [2.75, 3.05) is 26.2 Å². The lowest BCUT2D eigenvalue weighted by molar-refractivity contribution is -0.605. The van der Waals surface area contributed by atoms with Crippen LogP contribution in [0.3, 0.4) is 0 Å². The normalized spacial score (nSPS) is 21.5. The summed E-state index contributed by atoms with van der Waals surface area (Å²) < 4.78 is 0.693. The minimum Gasteiger partial charge on any atom is -0.619 e. The quantitative estimate of drug-likeness (QED) is 0.614. The molecule has 2 aliphatic rings. The number of nitrogens with zero attached hydrogens (tertiary/aromatic N) is 4. The maximum Gasteiger partial charge on any atom is 0.259 e. The zero-order valence-electron chi connectivity index (χ0n) is 15.5. The number of hydrogen-bond acceptors (Lipinski definition) is 4. The summed E-state index contributed by atoms with van der Waals surface area (Å²) in [5.41, 5.74) is 1.76. The van der Waals surface area contributed by atoms with Crippen LogP contribution in [0, 0.1) is 17.0 Å². The third kappa shape index (κ3) is 4.27. The third-order valence-corrected chi connectivity index (χ3v) is 5.96. The van der Waals surface area contributed by atoms with E-state index in [9.17, 15) is 10.0 Å². The Hall–Kier alpha value is -2.47. The highest BCUT2D eigenvalue weighted by atomic mass is 16.5. The number of carbonyl (C=O) groups is 1. The van der Waals surface area contributed by atoms with Gasteiger partial charge in [-0.25, -0.2) is 0 Å². The molecule has 6 heteroatoms. The lowest BCUT2D eigenvalue weighted by atomic mass is 9.83. The second-order valence-corrected chi connectivity index (χ2v) is 7.73. The topological polar surface area (TPSA) is 63.4 Å². The molecule has 2 saturated heterocycles. The Morgan fingerprint density at radius 3 is 2.70 bits per heavy atom. The highest BCUT2D eigenvalue weighted by molar-refractivity contribution is 5.93. The van der Waals surface area contributed by atoms with E-state index >= 15 is 0 Å². The van der Waals surface area contributed by atoms with Gasteiger partial charge >= 0.3 is 0 Å². The lowest BCUT2D eigenvalue weighted by Crippen LogP contribution is -2.37. The Morgan fingerprint density at radius 1 is 1.15 bits per heavy atom. The van der Waals surface area contributed by atoms with Crippen molar-refractivity contribution in [1.82, 2.24) is 14.8 Å².